The normalized spacial score (nSPS) is 19.3. The Morgan fingerprint density at radius 3 is 2.13 bits per heavy atom. The summed E-state index contributed by atoms with van der Waals surface area (Å²) in [6, 6.07) is 0. The number of aliphatic hydroxyl groups is 2. The molecule has 0 heterocycles. The van der Waals surface area contributed by atoms with Crippen LogP contribution in [0, 0.1) is 5.41 Å². The maximum Gasteiger partial charge on any atom is 0.376 e. The van der Waals surface area contributed by atoms with Crippen LogP contribution in [0.15, 0.2) is 11.5 Å². The maximum absolute atomic E-state index is 11.2. The molecule has 1 fully saturated rings. The monoisotopic (exact) mass is 216 g/mol. The van der Waals surface area contributed by atoms with Gasteiger partial charge in [-0.15, -0.1) is 0 Å². The van der Waals surface area contributed by atoms with Crippen LogP contribution in [-0.2, 0) is 9.68 Å². The van der Waals surface area contributed by atoms with Crippen molar-refractivity contribution in [3.8, 4) is 0 Å². The average Bonchev–Trinajstić information content (AvgIpc) is 2.17. The van der Waals surface area contributed by atoms with Crippen molar-refractivity contribution < 1.29 is 25.2 Å². The van der Waals surface area contributed by atoms with Gasteiger partial charge in [0.2, 0.25) is 0 Å². The van der Waals surface area contributed by atoms with Crippen molar-refractivity contribution in [2.24, 2.45) is 5.41 Å². The minimum atomic E-state index is -1.08. The van der Waals surface area contributed by atoms with Gasteiger partial charge < -0.3 is 10.2 Å². The second-order valence-electron chi connectivity index (χ2n) is 4.20. The highest BCUT2D eigenvalue weighted by atomic mass is 17.1. The van der Waals surface area contributed by atoms with Crippen LogP contribution < -0.4 is 0 Å². The highest BCUT2D eigenvalue weighted by Crippen LogP contribution is 2.43. The lowest BCUT2D eigenvalue weighted by Gasteiger charge is -2.33. The van der Waals surface area contributed by atoms with E-state index >= 15 is 0 Å². The molecule has 3 N–H and O–H groups in total. The van der Waals surface area contributed by atoms with Gasteiger partial charge in [0.15, 0.2) is 0 Å². The van der Waals surface area contributed by atoms with Crippen LogP contribution >= 0.6 is 0 Å². The van der Waals surface area contributed by atoms with Crippen molar-refractivity contribution in [2.45, 2.75) is 39.0 Å². The smallest absolute Gasteiger partial charge is 0.376 e. The van der Waals surface area contributed by atoms with E-state index in [0.29, 0.717) is 12.8 Å². The quantitative estimate of drug-likeness (QED) is 0.285. The minimum Gasteiger partial charge on any atom is -0.481 e. The van der Waals surface area contributed by atoms with E-state index in [9.17, 15) is 4.79 Å². The number of carbonyl (C=O) groups excluding carboxylic acids is 1. The lowest BCUT2D eigenvalue weighted by atomic mass is 9.70. The van der Waals surface area contributed by atoms with Crippen molar-refractivity contribution in [1.82, 2.24) is 0 Å². The highest BCUT2D eigenvalue weighted by Gasteiger charge is 2.39. The summed E-state index contributed by atoms with van der Waals surface area (Å²) in [5.41, 5.74) is -0.846. The lowest BCUT2D eigenvalue weighted by molar-refractivity contribution is -0.231. The van der Waals surface area contributed by atoms with Crippen LogP contribution in [-0.4, -0.2) is 21.4 Å². The van der Waals surface area contributed by atoms with E-state index in [-0.39, 0.29) is 5.57 Å². The van der Waals surface area contributed by atoms with Gasteiger partial charge in [-0.3, -0.25) is 4.89 Å². The van der Waals surface area contributed by atoms with Crippen LogP contribution in [0.2, 0.25) is 0 Å². The van der Waals surface area contributed by atoms with Gasteiger partial charge in [-0.25, -0.2) is 4.79 Å². The molecular formula is C10H16O5. The molecule has 1 aliphatic rings. The van der Waals surface area contributed by atoms with Gasteiger partial charge in [-0.1, -0.05) is 26.2 Å². The van der Waals surface area contributed by atoms with Crippen LogP contribution in [0.3, 0.4) is 0 Å². The summed E-state index contributed by atoms with van der Waals surface area (Å²) >= 11 is 0. The Hall–Kier alpha value is -1.23. The van der Waals surface area contributed by atoms with Gasteiger partial charge in [0.05, 0.1) is 0 Å². The van der Waals surface area contributed by atoms with Crippen LogP contribution in [0.4, 0.5) is 0 Å². The third kappa shape index (κ3) is 2.41. The summed E-state index contributed by atoms with van der Waals surface area (Å²) in [5.74, 6) is -2.14. The Labute approximate surface area is 87.9 Å². The predicted molar refractivity (Wildman–Crippen MR) is 52.2 cm³/mol. The first-order valence-electron chi connectivity index (χ1n) is 5.00. The highest BCUT2D eigenvalue weighted by molar-refractivity contribution is 5.89. The van der Waals surface area contributed by atoms with E-state index in [0.717, 1.165) is 19.3 Å². The first kappa shape index (κ1) is 11.8. The van der Waals surface area contributed by atoms with Crippen molar-refractivity contribution in [3.05, 3.63) is 11.5 Å². The fourth-order valence-electron chi connectivity index (χ4n) is 2.24. The van der Waals surface area contributed by atoms with E-state index in [4.69, 9.17) is 15.5 Å². The largest absolute Gasteiger partial charge is 0.481 e. The van der Waals surface area contributed by atoms with Gasteiger partial charge in [-0.2, -0.15) is 5.26 Å². The number of aliphatic hydroxyl groups excluding tert-OH is 1. The van der Waals surface area contributed by atoms with E-state index < -0.39 is 17.3 Å². The molecule has 86 valence electrons. The summed E-state index contributed by atoms with van der Waals surface area (Å²) in [4.78, 5) is 14.8. The second kappa shape index (κ2) is 4.53. The molecule has 0 aromatic heterocycles. The zero-order valence-corrected chi connectivity index (χ0v) is 8.69. The van der Waals surface area contributed by atoms with Crippen molar-refractivity contribution in [1.29, 1.82) is 0 Å². The van der Waals surface area contributed by atoms with Crippen LogP contribution in [0.5, 0.6) is 0 Å². The molecule has 0 unspecified atom stereocenters. The topological polar surface area (TPSA) is 87.0 Å². The number of hydrogen-bond donors (Lipinski definition) is 3. The molecule has 1 rings (SSSR count). The van der Waals surface area contributed by atoms with Gasteiger partial charge in [-0.05, 0) is 12.8 Å². The Morgan fingerprint density at radius 2 is 1.73 bits per heavy atom. The van der Waals surface area contributed by atoms with E-state index in [2.05, 4.69) is 4.89 Å². The molecule has 0 aliphatic heterocycles. The van der Waals surface area contributed by atoms with E-state index in [1.165, 1.54) is 0 Å². The molecule has 5 heteroatoms. The first-order chi connectivity index (χ1) is 7.01. The predicted octanol–water partition coefficient (Wildman–Crippen LogP) is 2.30. The van der Waals surface area contributed by atoms with Gasteiger partial charge in [0.1, 0.15) is 5.57 Å². The summed E-state index contributed by atoms with van der Waals surface area (Å²) < 4.78 is 0. The van der Waals surface area contributed by atoms with Crippen molar-refractivity contribution in [3.63, 3.8) is 0 Å². The minimum absolute atomic E-state index is 0.232. The van der Waals surface area contributed by atoms with Crippen molar-refractivity contribution >= 4 is 5.97 Å². The summed E-state index contributed by atoms with van der Waals surface area (Å²) in [5, 5.41) is 26.4. The zero-order chi connectivity index (χ0) is 11.5. The molecule has 0 amide bonds. The fourth-order valence-corrected chi connectivity index (χ4v) is 2.24. The van der Waals surface area contributed by atoms with Gasteiger partial charge in [0, 0.05) is 5.41 Å². The Bertz CT molecular complexity index is 272. The molecule has 5 nitrogen and oxygen atoms in total. The molecule has 0 atom stereocenters. The summed E-state index contributed by atoms with van der Waals surface area (Å²) in [7, 11) is 0. The maximum atomic E-state index is 11.2. The first-order valence-corrected chi connectivity index (χ1v) is 5.00. The fraction of sp³-hybridized carbons (Fsp3) is 0.700. The zero-order valence-electron chi connectivity index (χ0n) is 8.69. The molecule has 0 saturated heterocycles. The standard InChI is InChI=1S/C10H16O5/c1-10(5-3-2-4-6-10)7(8(11)12)9(13)15-14/h11-12,14H,2-6H2,1H3. The molecule has 15 heavy (non-hydrogen) atoms. The van der Waals surface area contributed by atoms with Crippen LogP contribution in [0.1, 0.15) is 39.0 Å². The second-order valence-corrected chi connectivity index (χ2v) is 4.20. The summed E-state index contributed by atoms with van der Waals surface area (Å²) in [6.45, 7) is 1.77. The Balaban J connectivity index is 2.98. The summed E-state index contributed by atoms with van der Waals surface area (Å²) in [6.07, 6.45) is 4.28. The average molecular weight is 216 g/mol. The van der Waals surface area contributed by atoms with Crippen LogP contribution in [0.25, 0.3) is 0 Å². The van der Waals surface area contributed by atoms with E-state index in [1.807, 2.05) is 0 Å². The van der Waals surface area contributed by atoms with E-state index in [1.54, 1.807) is 6.92 Å². The number of rotatable bonds is 2. The number of hydrogen-bond acceptors (Lipinski definition) is 5. The molecule has 0 aromatic rings. The molecule has 1 saturated carbocycles. The van der Waals surface area contributed by atoms with Gasteiger partial charge >= 0.3 is 5.97 Å². The molecule has 0 radical (unpaired) electrons. The number of carbonyl (C=O) groups is 1. The SMILES string of the molecule is CC1(C(C(=O)OO)=C(O)O)CCCCC1. The third-order valence-electron chi connectivity index (χ3n) is 3.07. The Kier molecular flexibility index (Phi) is 3.57. The molecule has 1 aliphatic carbocycles. The Morgan fingerprint density at radius 1 is 1.20 bits per heavy atom. The third-order valence-corrected chi connectivity index (χ3v) is 3.07. The lowest BCUT2D eigenvalue weighted by Crippen LogP contribution is -2.29. The molecule has 0 bridgehead atoms. The molecule has 0 aromatic carbocycles. The van der Waals surface area contributed by atoms with Crippen molar-refractivity contribution in [2.75, 3.05) is 0 Å². The van der Waals surface area contributed by atoms with Gasteiger partial charge in [0.25, 0.3) is 5.95 Å². The molecule has 0 spiro atoms. The molecular weight excluding hydrogens is 200 g/mol.